The highest BCUT2D eigenvalue weighted by Crippen LogP contribution is 2.17. The molecule has 0 atom stereocenters. The number of amides is 1. The van der Waals surface area contributed by atoms with Crippen LogP contribution in [0.3, 0.4) is 0 Å². The smallest absolute Gasteiger partial charge is 0.370 e. The maximum Gasteiger partial charge on any atom is 0.411 e. The summed E-state index contributed by atoms with van der Waals surface area (Å²) in [5, 5.41) is 2.23. The third-order valence-corrected chi connectivity index (χ3v) is 2.29. The van der Waals surface area contributed by atoms with E-state index in [0.29, 0.717) is 0 Å². The molecule has 1 rings (SSSR count). The molecular weight excluding hydrogens is 290 g/mol. The fourth-order valence-corrected chi connectivity index (χ4v) is 1.45. The summed E-state index contributed by atoms with van der Waals surface area (Å²) >= 11 is 5.64. The summed E-state index contributed by atoms with van der Waals surface area (Å²) in [5.41, 5.74) is 0.0406. The van der Waals surface area contributed by atoms with E-state index in [0.717, 1.165) is 12.1 Å². The zero-order chi connectivity index (χ0) is 14.5. The quantitative estimate of drug-likeness (QED) is 0.671. The minimum Gasteiger partial charge on any atom is -0.370 e. The Morgan fingerprint density at radius 3 is 2.63 bits per heavy atom. The lowest BCUT2D eigenvalue weighted by molar-refractivity contribution is -0.173. The summed E-state index contributed by atoms with van der Waals surface area (Å²) in [4.78, 5) is 11.5. The van der Waals surface area contributed by atoms with Gasteiger partial charge in [0.15, 0.2) is 0 Å². The van der Waals surface area contributed by atoms with Gasteiger partial charge < -0.3 is 10.1 Å². The van der Waals surface area contributed by atoms with Gasteiger partial charge in [-0.2, -0.15) is 13.2 Å². The largest absolute Gasteiger partial charge is 0.411 e. The van der Waals surface area contributed by atoms with Crippen molar-refractivity contribution in [3.8, 4) is 0 Å². The summed E-state index contributed by atoms with van der Waals surface area (Å²) in [7, 11) is 0. The molecule has 0 heterocycles. The summed E-state index contributed by atoms with van der Waals surface area (Å²) in [6.45, 7) is -1.77. The van der Waals surface area contributed by atoms with Crippen molar-refractivity contribution in [2.24, 2.45) is 0 Å². The maximum absolute atomic E-state index is 12.7. The lowest BCUT2D eigenvalue weighted by atomic mass is 10.2. The number of rotatable bonds is 5. The molecule has 0 saturated heterocycles. The number of nitrogens with one attached hydrogen (secondary N) is 1. The number of hydrogen-bond acceptors (Lipinski definition) is 2. The van der Waals surface area contributed by atoms with Crippen LogP contribution in [-0.4, -0.2) is 31.8 Å². The van der Waals surface area contributed by atoms with E-state index in [2.05, 4.69) is 10.1 Å². The highest BCUT2D eigenvalue weighted by atomic mass is 35.5. The second kappa shape index (κ2) is 6.72. The third kappa shape index (κ3) is 5.89. The van der Waals surface area contributed by atoms with E-state index in [9.17, 15) is 22.4 Å². The number of carbonyl (C=O) groups excluding carboxylic acids is 1. The SMILES string of the molecule is O=C(NCCOCC(F)(F)F)c1ccc(F)cc1Cl. The zero-order valence-electron chi connectivity index (χ0n) is 9.56. The summed E-state index contributed by atoms with van der Waals surface area (Å²) < 4.78 is 52.2. The molecule has 0 spiro atoms. The van der Waals surface area contributed by atoms with Crippen molar-refractivity contribution in [1.29, 1.82) is 0 Å². The molecule has 0 saturated carbocycles. The van der Waals surface area contributed by atoms with Crippen LogP contribution >= 0.6 is 11.6 Å². The molecule has 8 heteroatoms. The number of alkyl halides is 3. The lowest BCUT2D eigenvalue weighted by Crippen LogP contribution is -2.29. The number of carbonyl (C=O) groups is 1. The van der Waals surface area contributed by atoms with E-state index in [-0.39, 0.29) is 23.7 Å². The van der Waals surface area contributed by atoms with Crippen molar-refractivity contribution in [3.63, 3.8) is 0 Å². The minimum atomic E-state index is -4.40. The standard InChI is InChI=1S/C11H10ClF4NO2/c12-9-5-7(13)1-2-8(9)10(18)17-3-4-19-6-11(14,15)16/h1-2,5H,3-4,6H2,(H,17,18). The number of ether oxygens (including phenoxy) is 1. The molecule has 0 bridgehead atoms. The fourth-order valence-electron chi connectivity index (χ4n) is 1.19. The molecule has 1 aromatic rings. The van der Waals surface area contributed by atoms with Gasteiger partial charge in [0.05, 0.1) is 17.2 Å². The molecule has 0 aliphatic heterocycles. The number of hydrogen-bond donors (Lipinski definition) is 1. The molecule has 19 heavy (non-hydrogen) atoms. The van der Waals surface area contributed by atoms with Crippen LogP contribution in [0.4, 0.5) is 17.6 Å². The molecule has 0 aromatic heterocycles. The third-order valence-electron chi connectivity index (χ3n) is 1.97. The van der Waals surface area contributed by atoms with Gasteiger partial charge in [-0.3, -0.25) is 4.79 Å². The predicted octanol–water partition coefficient (Wildman–Crippen LogP) is 2.79. The molecule has 1 N–H and O–H groups in total. The van der Waals surface area contributed by atoms with Gasteiger partial charge in [0.2, 0.25) is 0 Å². The van der Waals surface area contributed by atoms with Crippen LogP contribution in [0.1, 0.15) is 10.4 Å². The monoisotopic (exact) mass is 299 g/mol. The second-order valence-electron chi connectivity index (χ2n) is 3.55. The van der Waals surface area contributed by atoms with Crippen molar-refractivity contribution in [2.75, 3.05) is 19.8 Å². The lowest BCUT2D eigenvalue weighted by Gasteiger charge is -2.09. The number of benzene rings is 1. The Morgan fingerprint density at radius 1 is 1.37 bits per heavy atom. The molecule has 0 radical (unpaired) electrons. The summed E-state index contributed by atoms with van der Waals surface area (Å²) in [6.07, 6.45) is -4.40. The maximum atomic E-state index is 12.7. The first-order valence-corrected chi connectivity index (χ1v) is 5.55. The van der Waals surface area contributed by atoms with Crippen molar-refractivity contribution in [3.05, 3.63) is 34.6 Å². The fraction of sp³-hybridized carbons (Fsp3) is 0.364. The molecule has 1 amide bonds. The summed E-state index contributed by atoms with van der Waals surface area (Å²) in [5.74, 6) is -1.20. The van der Waals surface area contributed by atoms with E-state index < -0.39 is 24.5 Å². The van der Waals surface area contributed by atoms with E-state index in [1.54, 1.807) is 0 Å². The molecule has 0 fully saturated rings. The van der Waals surface area contributed by atoms with Crippen LogP contribution in [0.2, 0.25) is 5.02 Å². The van der Waals surface area contributed by atoms with Crippen LogP contribution in [-0.2, 0) is 4.74 Å². The average Bonchev–Trinajstić information content (AvgIpc) is 2.26. The highest BCUT2D eigenvalue weighted by Gasteiger charge is 2.27. The van der Waals surface area contributed by atoms with Gasteiger partial charge in [0.1, 0.15) is 12.4 Å². The molecule has 0 unspecified atom stereocenters. The topological polar surface area (TPSA) is 38.3 Å². The van der Waals surface area contributed by atoms with Crippen molar-refractivity contribution in [2.45, 2.75) is 6.18 Å². The van der Waals surface area contributed by atoms with Gasteiger partial charge in [0, 0.05) is 6.54 Å². The Labute approximate surface area is 111 Å². The Bertz CT molecular complexity index is 451. The first-order valence-electron chi connectivity index (χ1n) is 5.17. The van der Waals surface area contributed by atoms with Crippen molar-refractivity contribution in [1.82, 2.24) is 5.32 Å². The normalized spacial score (nSPS) is 11.4. The van der Waals surface area contributed by atoms with Crippen LogP contribution < -0.4 is 5.32 Å². The minimum absolute atomic E-state index is 0.0406. The molecular formula is C11H10ClF4NO2. The van der Waals surface area contributed by atoms with Crippen LogP contribution in [0.15, 0.2) is 18.2 Å². The van der Waals surface area contributed by atoms with Crippen LogP contribution in [0, 0.1) is 5.82 Å². The molecule has 1 aromatic carbocycles. The zero-order valence-corrected chi connectivity index (χ0v) is 10.3. The van der Waals surface area contributed by atoms with Gasteiger partial charge in [-0.15, -0.1) is 0 Å². The van der Waals surface area contributed by atoms with Crippen LogP contribution in [0.5, 0.6) is 0 Å². The van der Waals surface area contributed by atoms with Crippen molar-refractivity contribution >= 4 is 17.5 Å². The molecule has 106 valence electrons. The van der Waals surface area contributed by atoms with E-state index in [1.165, 1.54) is 6.07 Å². The van der Waals surface area contributed by atoms with Gasteiger partial charge in [-0.05, 0) is 18.2 Å². The second-order valence-corrected chi connectivity index (χ2v) is 3.96. The van der Waals surface area contributed by atoms with E-state index in [1.807, 2.05) is 0 Å². The first-order chi connectivity index (χ1) is 8.79. The number of halogens is 5. The summed E-state index contributed by atoms with van der Waals surface area (Å²) in [6, 6.07) is 3.21. The highest BCUT2D eigenvalue weighted by molar-refractivity contribution is 6.33. The van der Waals surface area contributed by atoms with Gasteiger partial charge in [-0.1, -0.05) is 11.6 Å². The van der Waals surface area contributed by atoms with Crippen LogP contribution in [0.25, 0.3) is 0 Å². The Balaban J connectivity index is 2.36. The van der Waals surface area contributed by atoms with Crippen molar-refractivity contribution < 1.29 is 27.1 Å². The van der Waals surface area contributed by atoms with E-state index in [4.69, 9.17) is 11.6 Å². The van der Waals surface area contributed by atoms with Gasteiger partial charge in [0.25, 0.3) is 5.91 Å². The van der Waals surface area contributed by atoms with Gasteiger partial charge in [-0.25, -0.2) is 4.39 Å². The van der Waals surface area contributed by atoms with Gasteiger partial charge >= 0.3 is 6.18 Å². The Hall–Kier alpha value is -1.34. The molecule has 0 aliphatic carbocycles. The predicted molar refractivity (Wildman–Crippen MR) is 60.6 cm³/mol. The average molecular weight is 300 g/mol. The Kier molecular flexibility index (Phi) is 5.56. The molecule has 0 aliphatic rings. The first kappa shape index (κ1) is 15.7. The van der Waals surface area contributed by atoms with E-state index >= 15 is 0 Å². The Morgan fingerprint density at radius 2 is 2.05 bits per heavy atom. The molecule has 3 nitrogen and oxygen atoms in total.